The number of carbonyl (C=O) groups is 3. The van der Waals surface area contributed by atoms with Gasteiger partial charge in [0.25, 0.3) is 0 Å². The molecule has 3 rings (SSSR count). The second-order valence-corrected chi connectivity index (χ2v) is 10.1. The zero-order valence-corrected chi connectivity index (χ0v) is 21.2. The van der Waals surface area contributed by atoms with E-state index in [1.54, 1.807) is 36.5 Å². The van der Waals surface area contributed by atoms with Gasteiger partial charge in [-0.15, -0.1) is 11.8 Å². The topological polar surface area (TPSA) is 130 Å². The molecule has 3 heterocycles. The van der Waals surface area contributed by atoms with E-state index in [0.717, 1.165) is 37.7 Å². The molecule has 0 aliphatic carbocycles. The molecule has 3 N–H and O–H groups in total. The van der Waals surface area contributed by atoms with Gasteiger partial charge >= 0.3 is 6.18 Å². The fourth-order valence-electron chi connectivity index (χ4n) is 4.19. The Kier molecular flexibility index (Phi) is 9.99. The van der Waals surface area contributed by atoms with Crippen molar-refractivity contribution < 1.29 is 27.6 Å². The lowest BCUT2D eigenvalue weighted by Crippen LogP contribution is -2.45. The van der Waals surface area contributed by atoms with Crippen LogP contribution in [-0.4, -0.2) is 88.6 Å². The van der Waals surface area contributed by atoms with Crippen LogP contribution in [0.4, 0.5) is 24.8 Å². The van der Waals surface area contributed by atoms with E-state index < -0.39 is 35.2 Å². The summed E-state index contributed by atoms with van der Waals surface area (Å²) in [5.74, 6) is -2.27. The Morgan fingerprint density at radius 2 is 1.95 bits per heavy atom. The van der Waals surface area contributed by atoms with E-state index in [-0.39, 0.29) is 31.4 Å². The number of halogens is 3. The second kappa shape index (κ2) is 13.0. The molecule has 0 aromatic carbocycles. The number of alkyl halides is 3. The molecule has 2 saturated heterocycles. The molecule has 10 nitrogen and oxygen atoms in total. The number of carbonyl (C=O) groups excluding carboxylic acids is 3. The second-order valence-electron chi connectivity index (χ2n) is 8.75. The number of nitrogens with zero attached hydrogens (tertiary/aromatic N) is 4. The first-order chi connectivity index (χ1) is 17.6. The maximum atomic E-state index is 12.9. The first kappa shape index (κ1) is 28.5. The van der Waals surface area contributed by atoms with Gasteiger partial charge in [-0.2, -0.15) is 18.4 Å². The van der Waals surface area contributed by atoms with Crippen molar-refractivity contribution in [2.75, 3.05) is 49.9 Å². The monoisotopic (exact) mass is 541 g/mol. The zero-order chi connectivity index (χ0) is 27.0. The van der Waals surface area contributed by atoms with Gasteiger partial charge in [0.1, 0.15) is 28.8 Å². The minimum absolute atomic E-state index is 0.108. The van der Waals surface area contributed by atoms with Crippen molar-refractivity contribution in [3.8, 4) is 6.07 Å². The minimum atomic E-state index is -4.61. The van der Waals surface area contributed by atoms with Crippen LogP contribution in [0.5, 0.6) is 0 Å². The molecule has 14 heteroatoms. The third-order valence-electron chi connectivity index (χ3n) is 5.98. The predicted octanol–water partition coefficient (Wildman–Crippen LogP) is 2.03. The minimum Gasteiger partial charge on any atom is -0.368 e. The number of hydrogen-bond acceptors (Lipinski definition) is 8. The van der Waals surface area contributed by atoms with Gasteiger partial charge in [0.2, 0.25) is 17.7 Å². The summed E-state index contributed by atoms with van der Waals surface area (Å²) in [6, 6.07) is 6.77. The molecular formula is C23H30F3N7O3S. The summed E-state index contributed by atoms with van der Waals surface area (Å²) in [5, 5.41) is 15.4. The number of rotatable bonds is 10. The summed E-state index contributed by atoms with van der Waals surface area (Å²) in [4.78, 5) is 45.3. The first-order valence-electron chi connectivity index (χ1n) is 12.0. The summed E-state index contributed by atoms with van der Waals surface area (Å²) >= 11 is 1.05. The molecule has 0 spiro atoms. The molecule has 2 fully saturated rings. The van der Waals surface area contributed by atoms with Crippen LogP contribution >= 0.6 is 11.8 Å². The SMILES string of the molecule is CCN1C(=O)[C@@H](CNc2cccc(NC(=O)CN3CCCCC3)n2)SC1C(C#N)C(=O)NCC(F)(F)F. The Balaban J connectivity index is 1.57. The molecule has 3 amide bonds. The van der Waals surface area contributed by atoms with Gasteiger partial charge in [0, 0.05) is 13.1 Å². The molecule has 0 bridgehead atoms. The summed E-state index contributed by atoms with van der Waals surface area (Å²) in [5.41, 5.74) is 0. The van der Waals surface area contributed by atoms with Crippen LogP contribution in [0.2, 0.25) is 0 Å². The number of nitrogens with one attached hydrogen (secondary N) is 3. The smallest absolute Gasteiger partial charge is 0.368 e. The van der Waals surface area contributed by atoms with Gasteiger partial charge in [-0.25, -0.2) is 4.98 Å². The number of pyridine rings is 1. The molecule has 37 heavy (non-hydrogen) atoms. The van der Waals surface area contributed by atoms with Crippen LogP contribution in [0.25, 0.3) is 0 Å². The molecule has 2 aliphatic heterocycles. The number of thioether (sulfide) groups is 1. The number of anilines is 2. The van der Waals surface area contributed by atoms with Gasteiger partial charge < -0.3 is 20.9 Å². The fraction of sp³-hybridized carbons (Fsp3) is 0.609. The quantitative estimate of drug-likeness (QED) is 0.410. The van der Waals surface area contributed by atoms with Crippen molar-refractivity contribution in [3.05, 3.63) is 18.2 Å². The average Bonchev–Trinajstić information content (AvgIpc) is 3.17. The molecule has 1 aromatic heterocycles. The average molecular weight is 542 g/mol. The molecule has 2 aliphatic rings. The highest BCUT2D eigenvalue weighted by Crippen LogP contribution is 2.36. The van der Waals surface area contributed by atoms with Crippen LogP contribution in [0.3, 0.4) is 0 Å². The van der Waals surface area contributed by atoms with E-state index in [4.69, 9.17) is 0 Å². The Labute approximate surface area is 217 Å². The molecule has 202 valence electrons. The third kappa shape index (κ3) is 8.22. The van der Waals surface area contributed by atoms with E-state index in [9.17, 15) is 32.8 Å². The highest BCUT2D eigenvalue weighted by atomic mass is 32.2. The van der Waals surface area contributed by atoms with Crippen molar-refractivity contribution in [3.63, 3.8) is 0 Å². The van der Waals surface area contributed by atoms with E-state index in [1.165, 1.54) is 11.3 Å². The highest BCUT2D eigenvalue weighted by molar-refractivity contribution is 8.01. The van der Waals surface area contributed by atoms with Crippen molar-refractivity contribution in [2.24, 2.45) is 5.92 Å². The van der Waals surface area contributed by atoms with E-state index in [0.29, 0.717) is 11.6 Å². The van der Waals surface area contributed by atoms with Crippen LogP contribution < -0.4 is 16.0 Å². The van der Waals surface area contributed by atoms with Crippen molar-refractivity contribution in [1.29, 1.82) is 5.26 Å². The number of nitriles is 1. The largest absolute Gasteiger partial charge is 0.405 e. The Morgan fingerprint density at radius 3 is 2.59 bits per heavy atom. The number of hydrogen-bond donors (Lipinski definition) is 3. The Bertz CT molecular complexity index is 1010. The van der Waals surface area contributed by atoms with E-state index in [2.05, 4.69) is 20.5 Å². The van der Waals surface area contributed by atoms with Crippen LogP contribution in [-0.2, 0) is 14.4 Å². The lowest BCUT2D eigenvalue weighted by atomic mass is 10.1. The maximum absolute atomic E-state index is 12.9. The van der Waals surface area contributed by atoms with Crippen molar-refractivity contribution in [2.45, 2.75) is 43.0 Å². The molecule has 3 atom stereocenters. The van der Waals surface area contributed by atoms with Crippen LogP contribution in [0, 0.1) is 17.2 Å². The summed E-state index contributed by atoms with van der Waals surface area (Å²) in [7, 11) is 0. The number of piperidine rings is 1. The van der Waals surface area contributed by atoms with Gasteiger partial charge in [-0.3, -0.25) is 19.3 Å². The Hall–Kier alpha value is -3.05. The summed E-state index contributed by atoms with van der Waals surface area (Å²) < 4.78 is 37.5. The van der Waals surface area contributed by atoms with Gasteiger partial charge in [-0.1, -0.05) is 12.5 Å². The van der Waals surface area contributed by atoms with Gasteiger partial charge in [0.15, 0.2) is 5.92 Å². The molecule has 1 aromatic rings. The molecule has 0 radical (unpaired) electrons. The molecule has 0 saturated carbocycles. The van der Waals surface area contributed by atoms with Gasteiger partial charge in [-0.05, 0) is 45.0 Å². The van der Waals surface area contributed by atoms with Crippen LogP contribution in [0.1, 0.15) is 26.2 Å². The summed E-state index contributed by atoms with van der Waals surface area (Å²) in [6.45, 7) is 2.48. The third-order valence-corrected chi connectivity index (χ3v) is 7.48. The molecular weight excluding hydrogens is 511 g/mol. The highest BCUT2D eigenvalue weighted by Gasteiger charge is 2.46. The van der Waals surface area contributed by atoms with E-state index >= 15 is 0 Å². The molecule has 2 unspecified atom stereocenters. The maximum Gasteiger partial charge on any atom is 0.405 e. The predicted molar refractivity (Wildman–Crippen MR) is 132 cm³/mol. The van der Waals surface area contributed by atoms with Crippen molar-refractivity contribution >= 4 is 41.1 Å². The van der Waals surface area contributed by atoms with Crippen LogP contribution in [0.15, 0.2) is 18.2 Å². The Morgan fingerprint density at radius 1 is 1.24 bits per heavy atom. The first-order valence-corrected chi connectivity index (χ1v) is 13.0. The fourth-order valence-corrected chi connectivity index (χ4v) is 5.70. The van der Waals surface area contributed by atoms with Crippen molar-refractivity contribution in [1.82, 2.24) is 20.1 Å². The number of likely N-dealkylation sites (tertiary alicyclic amines) is 1. The number of aromatic nitrogens is 1. The normalized spacial score (nSPS) is 21.3. The van der Waals surface area contributed by atoms with Gasteiger partial charge in [0.05, 0.1) is 12.6 Å². The zero-order valence-electron chi connectivity index (χ0n) is 20.4. The standard InChI is InChI=1S/C23H30F3N7O3S/c1-2-33-21(36)16(37-22(33)15(11-27)20(35)29-14-23(24,25)26)12-28-17-7-6-8-18(30-17)31-19(34)13-32-9-4-3-5-10-32/h6-8,15-16,22H,2-5,9-10,12-14H2,1H3,(H,29,35)(H2,28,30,31,34)/t15?,16-,22?/m1/s1. The van der Waals surface area contributed by atoms with E-state index in [1.807, 2.05) is 0 Å². The number of amides is 3. The lowest BCUT2D eigenvalue weighted by molar-refractivity contribution is -0.141. The summed E-state index contributed by atoms with van der Waals surface area (Å²) in [6.07, 6.45) is -1.28. The lowest BCUT2D eigenvalue weighted by Gasteiger charge is -2.25.